The van der Waals surface area contributed by atoms with Crippen LogP contribution in [0.4, 0.5) is 11.4 Å². The number of nitrogens with zero attached hydrogens (tertiary/aromatic N) is 1. The van der Waals surface area contributed by atoms with E-state index >= 15 is 0 Å². The summed E-state index contributed by atoms with van der Waals surface area (Å²) in [6.07, 6.45) is 1.09. The van der Waals surface area contributed by atoms with Crippen molar-refractivity contribution in [1.29, 1.82) is 0 Å². The Morgan fingerprint density at radius 3 is 2.77 bits per heavy atom. The molecule has 1 amide bonds. The fourth-order valence-electron chi connectivity index (χ4n) is 2.85. The minimum atomic E-state index is 0.00329. The van der Waals surface area contributed by atoms with Crippen LogP contribution in [0.2, 0.25) is 0 Å². The van der Waals surface area contributed by atoms with E-state index in [1.165, 1.54) is 0 Å². The number of nitrogens with one attached hydrogen (secondary N) is 1. The molecule has 0 bridgehead atoms. The summed E-state index contributed by atoms with van der Waals surface area (Å²) in [7, 11) is 0. The SMILES string of the molecule is O=C(CCCOc1cccc(Br)c1)Nc1ccccc1N1CCOCC1. The monoisotopic (exact) mass is 418 g/mol. The molecular weight excluding hydrogens is 396 g/mol. The summed E-state index contributed by atoms with van der Waals surface area (Å²) in [5.41, 5.74) is 1.90. The third kappa shape index (κ3) is 5.47. The minimum Gasteiger partial charge on any atom is -0.494 e. The highest BCUT2D eigenvalue weighted by molar-refractivity contribution is 9.10. The zero-order valence-corrected chi connectivity index (χ0v) is 16.2. The van der Waals surface area contributed by atoms with Gasteiger partial charge in [-0.05, 0) is 36.8 Å². The van der Waals surface area contributed by atoms with Gasteiger partial charge in [0.2, 0.25) is 5.91 Å². The number of benzene rings is 2. The van der Waals surface area contributed by atoms with Crippen molar-refractivity contribution in [2.24, 2.45) is 0 Å². The highest BCUT2D eigenvalue weighted by atomic mass is 79.9. The molecule has 0 spiro atoms. The molecule has 5 nitrogen and oxygen atoms in total. The first-order valence-electron chi connectivity index (χ1n) is 8.82. The summed E-state index contributed by atoms with van der Waals surface area (Å²) < 4.78 is 12.1. The molecule has 1 fully saturated rings. The van der Waals surface area contributed by atoms with Gasteiger partial charge < -0.3 is 19.7 Å². The van der Waals surface area contributed by atoms with Gasteiger partial charge >= 0.3 is 0 Å². The molecule has 1 aliphatic heterocycles. The molecule has 1 N–H and O–H groups in total. The molecule has 0 unspecified atom stereocenters. The van der Waals surface area contributed by atoms with E-state index < -0.39 is 0 Å². The zero-order valence-electron chi connectivity index (χ0n) is 14.6. The lowest BCUT2D eigenvalue weighted by Gasteiger charge is -2.30. The van der Waals surface area contributed by atoms with Gasteiger partial charge in [0.15, 0.2) is 0 Å². The van der Waals surface area contributed by atoms with Gasteiger partial charge in [0.05, 0.1) is 31.2 Å². The summed E-state index contributed by atoms with van der Waals surface area (Å²) >= 11 is 3.41. The first-order valence-corrected chi connectivity index (χ1v) is 9.61. The zero-order chi connectivity index (χ0) is 18.2. The van der Waals surface area contributed by atoms with Crippen molar-refractivity contribution in [3.8, 4) is 5.75 Å². The van der Waals surface area contributed by atoms with Crippen LogP contribution in [-0.4, -0.2) is 38.8 Å². The molecule has 26 heavy (non-hydrogen) atoms. The molecule has 2 aromatic rings. The van der Waals surface area contributed by atoms with Crippen LogP contribution in [0.15, 0.2) is 53.0 Å². The van der Waals surface area contributed by atoms with Crippen LogP contribution in [0.25, 0.3) is 0 Å². The number of hydrogen-bond acceptors (Lipinski definition) is 4. The van der Waals surface area contributed by atoms with E-state index in [1.54, 1.807) is 0 Å². The van der Waals surface area contributed by atoms with E-state index in [9.17, 15) is 4.79 Å². The smallest absolute Gasteiger partial charge is 0.224 e. The standard InChI is InChI=1S/C20H23BrN2O3/c21-16-5-3-6-17(15-16)26-12-4-9-20(24)22-18-7-1-2-8-19(18)23-10-13-25-14-11-23/h1-3,5-8,15H,4,9-14H2,(H,22,24). The number of morpholine rings is 1. The van der Waals surface area contributed by atoms with Gasteiger partial charge in [-0.3, -0.25) is 4.79 Å². The van der Waals surface area contributed by atoms with Crippen molar-refractivity contribution >= 4 is 33.2 Å². The molecule has 1 heterocycles. The van der Waals surface area contributed by atoms with Gasteiger partial charge in [0.1, 0.15) is 5.75 Å². The molecule has 6 heteroatoms. The van der Waals surface area contributed by atoms with Gasteiger partial charge in [0.25, 0.3) is 0 Å². The number of ether oxygens (including phenoxy) is 2. The topological polar surface area (TPSA) is 50.8 Å². The van der Waals surface area contributed by atoms with Gasteiger partial charge in [0, 0.05) is 24.0 Å². The first kappa shape index (κ1) is 18.7. The lowest BCUT2D eigenvalue weighted by molar-refractivity contribution is -0.116. The average Bonchev–Trinajstić information content (AvgIpc) is 2.66. The van der Waals surface area contributed by atoms with E-state index in [2.05, 4.69) is 26.1 Å². The number of halogens is 1. The molecule has 0 aliphatic carbocycles. The number of hydrogen-bond donors (Lipinski definition) is 1. The number of para-hydroxylation sites is 2. The highest BCUT2D eigenvalue weighted by Crippen LogP contribution is 2.26. The number of carbonyl (C=O) groups excluding carboxylic acids is 1. The molecular formula is C20H23BrN2O3. The van der Waals surface area contributed by atoms with Crippen molar-refractivity contribution in [3.63, 3.8) is 0 Å². The molecule has 0 aromatic heterocycles. The lowest BCUT2D eigenvalue weighted by Crippen LogP contribution is -2.36. The van der Waals surface area contributed by atoms with Crippen LogP contribution >= 0.6 is 15.9 Å². The maximum Gasteiger partial charge on any atom is 0.224 e. The Balaban J connectivity index is 1.47. The van der Waals surface area contributed by atoms with Gasteiger partial charge in [-0.1, -0.05) is 34.1 Å². The maximum absolute atomic E-state index is 12.3. The molecule has 3 rings (SSSR count). The van der Waals surface area contributed by atoms with Crippen LogP contribution in [0.1, 0.15) is 12.8 Å². The normalized spacial score (nSPS) is 14.1. The molecule has 2 aromatic carbocycles. The second-order valence-corrected chi connectivity index (χ2v) is 6.99. The van der Waals surface area contributed by atoms with E-state index in [4.69, 9.17) is 9.47 Å². The second-order valence-electron chi connectivity index (χ2n) is 6.07. The Bertz CT molecular complexity index is 733. The summed E-state index contributed by atoms with van der Waals surface area (Å²) in [6, 6.07) is 15.6. The van der Waals surface area contributed by atoms with Crippen molar-refractivity contribution in [1.82, 2.24) is 0 Å². The van der Waals surface area contributed by atoms with Gasteiger partial charge in [-0.25, -0.2) is 0 Å². The predicted molar refractivity (Wildman–Crippen MR) is 107 cm³/mol. The Hall–Kier alpha value is -2.05. The maximum atomic E-state index is 12.3. The largest absolute Gasteiger partial charge is 0.494 e. The second kappa shape index (κ2) is 9.59. The Kier molecular flexibility index (Phi) is 6.91. The third-order valence-electron chi connectivity index (χ3n) is 4.14. The van der Waals surface area contributed by atoms with Crippen LogP contribution in [0.3, 0.4) is 0 Å². The average molecular weight is 419 g/mol. The van der Waals surface area contributed by atoms with Crippen molar-refractivity contribution < 1.29 is 14.3 Å². The first-order chi connectivity index (χ1) is 12.7. The predicted octanol–water partition coefficient (Wildman–Crippen LogP) is 4.08. The van der Waals surface area contributed by atoms with Crippen LogP contribution < -0.4 is 15.0 Å². The fourth-order valence-corrected chi connectivity index (χ4v) is 3.23. The van der Waals surface area contributed by atoms with E-state index in [0.717, 1.165) is 47.9 Å². The van der Waals surface area contributed by atoms with Crippen molar-refractivity contribution in [2.75, 3.05) is 43.1 Å². The molecule has 138 valence electrons. The summed E-state index contributed by atoms with van der Waals surface area (Å²) in [6.45, 7) is 3.63. The lowest BCUT2D eigenvalue weighted by atomic mass is 10.2. The number of rotatable bonds is 7. The van der Waals surface area contributed by atoms with Crippen LogP contribution in [-0.2, 0) is 9.53 Å². The summed E-state index contributed by atoms with van der Waals surface area (Å²) in [4.78, 5) is 14.5. The molecule has 1 saturated heterocycles. The molecule has 0 atom stereocenters. The highest BCUT2D eigenvalue weighted by Gasteiger charge is 2.15. The van der Waals surface area contributed by atoms with Gasteiger partial charge in [-0.2, -0.15) is 0 Å². The molecule has 0 radical (unpaired) electrons. The quantitative estimate of drug-likeness (QED) is 0.688. The number of amides is 1. The number of anilines is 2. The van der Waals surface area contributed by atoms with Crippen LogP contribution in [0, 0.1) is 0 Å². The third-order valence-corrected chi connectivity index (χ3v) is 4.64. The van der Waals surface area contributed by atoms with Crippen molar-refractivity contribution in [3.05, 3.63) is 53.0 Å². The van der Waals surface area contributed by atoms with Crippen LogP contribution in [0.5, 0.6) is 5.75 Å². The van der Waals surface area contributed by atoms with E-state index in [0.29, 0.717) is 19.4 Å². The fraction of sp³-hybridized carbons (Fsp3) is 0.350. The Morgan fingerprint density at radius 1 is 1.15 bits per heavy atom. The number of carbonyl (C=O) groups is 1. The molecule has 1 aliphatic rings. The summed E-state index contributed by atoms with van der Waals surface area (Å²) in [5, 5.41) is 3.03. The Labute approximate surface area is 162 Å². The van der Waals surface area contributed by atoms with Gasteiger partial charge in [-0.15, -0.1) is 0 Å². The minimum absolute atomic E-state index is 0.00329. The summed E-state index contributed by atoms with van der Waals surface area (Å²) in [5.74, 6) is 0.806. The van der Waals surface area contributed by atoms with E-state index in [-0.39, 0.29) is 5.91 Å². The molecule has 0 saturated carbocycles. The van der Waals surface area contributed by atoms with Crippen molar-refractivity contribution in [2.45, 2.75) is 12.8 Å². The van der Waals surface area contributed by atoms with E-state index in [1.807, 2.05) is 48.5 Å². The Morgan fingerprint density at radius 2 is 1.96 bits per heavy atom.